The van der Waals surface area contributed by atoms with Crippen LogP contribution in [0.1, 0.15) is 19.4 Å². The first-order chi connectivity index (χ1) is 6.94. The Morgan fingerprint density at radius 2 is 2.07 bits per heavy atom. The summed E-state index contributed by atoms with van der Waals surface area (Å²) in [6.07, 6.45) is 0. The molecule has 1 rings (SSSR count). The van der Waals surface area contributed by atoms with Gasteiger partial charge in [0, 0.05) is 12.0 Å². The maximum Gasteiger partial charge on any atom is 0.133 e. The van der Waals surface area contributed by atoms with Gasteiger partial charge in [-0.2, -0.15) is 0 Å². The second kappa shape index (κ2) is 4.99. The van der Waals surface area contributed by atoms with Gasteiger partial charge in [-0.3, -0.25) is 0 Å². The number of benzene rings is 1. The first-order valence-corrected chi connectivity index (χ1v) is 5.83. The highest BCUT2D eigenvalue weighted by atomic mass is 79.9. The van der Waals surface area contributed by atoms with Crippen molar-refractivity contribution in [3.63, 3.8) is 0 Å². The summed E-state index contributed by atoms with van der Waals surface area (Å²) in [5.41, 5.74) is 6.87. The van der Waals surface area contributed by atoms with Gasteiger partial charge in [0.2, 0.25) is 0 Å². The van der Waals surface area contributed by atoms with Crippen LogP contribution in [-0.2, 0) is 0 Å². The largest absolute Gasteiger partial charge is 0.492 e. The van der Waals surface area contributed by atoms with Crippen molar-refractivity contribution in [2.75, 3.05) is 13.2 Å². The molecule has 2 N–H and O–H groups in total. The lowest BCUT2D eigenvalue weighted by Crippen LogP contribution is -2.30. The number of halogens is 1. The Labute approximate surface area is 99.9 Å². The smallest absolute Gasteiger partial charge is 0.133 e. The lowest BCUT2D eigenvalue weighted by atomic mass is 9.95. The second-order valence-electron chi connectivity index (χ2n) is 4.59. The van der Waals surface area contributed by atoms with E-state index >= 15 is 0 Å². The van der Waals surface area contributed by atoms with Gasteiger partial charge in [-0.15, -0.1) is 0 Å². The van der Waals surface area contributed by atoms with E-state index in [0.29, 0.717) is 13.2 Å². The fraction of sp³-hybridized carbons (Fsp3) is 0.500. The van der Waals surface area contributed by atoms with Gasteiger partial charge in [0.25, 0.3) is 0 Å². The van der Waals surface area contributed by atoms with Crippen LogP contribution in [0.15, 0.2) is 22.7 Å². The molecule has 0 aromatic heterocycles. The average molecular weight is 272 g/mol. The van der Waals surface area contributed by atoms with E-state index in [4.69, 9.17) is 10.5 Å². The minimum Gasteiger partial charge on any atom is -0.492 e. The summed E-state index contributed by atoms with van der Waals surface area (Å²) in [6.45, 7) is 7.49. The minimum atomic E-state index is 0.0182. The summed E-state index contributed by atoms with van der Waals surface area (Å²) in [6, 6.07) is 6.06. The van der Waals surface area contributed by atoms with Crippen molar-refractivity contribution in [3.8, 4) is 5.75 Å². The van der Waals surface area contributed by atoms with E-state index in [1.165, 1.54) is 5.56 Å². The molecule has 1 aromatic carbocycles. The van der Waals surface area contributed by atoms with Gasteiger partial charge in [0.15, 0.2) is 0 Å². The number of aryl methyl sites for hydroxylation is 1. The molecule has 0 aliphatic rings. The quantitative estimate of drug-likeness (QED) is 0.914. The molecular weight excluding hydrogens is 254 g/mol. The van der Waals surface area contributed by atoms with Gasteiger partial charge in [-0.25, -0.2) is 0 Å². The van der Waals surface area contributed by atoms with Gasteiger partial charge in [0.1, 0.15) is 5.75 Å². The van der Waals surface area contributed by atoms with Crippen molar-refractivity contribution >= 4 is 15.9 Å². The van der Waals surface area contributed by atoms with Crippen LogP contribution in [0.4, 0.5) is 0 Å². The SMILES string of the molecule is Cc1ccc(OCC(C)(C)CN)c(Br)c1. The normalized spacial score (nSPS) is 11.5. The van der Waals surface area contributed by atoms with Gasteiger partial charge in [0.05, 0.1) is 11.1 Å². The van der Waals surface area contributed by atoms with Crippen molar-refractivity contribution in [2.45, 2.75) is 20.8 Å². The maximum absolute atomic E-state index is 5.72. The van der Waals surface area contributed by atoms with Crippen molar-refractivity contribution < 1.29 is 4.74 Å². The molecule has 0 aliphatic heterocycles. The topological polar surface area (TPSA) is 35.2 Å². The van der Waals surface area contributed by atoms with Gasteiger partial charge < -0.3 is 10.5 Å². The van der Waals surface area contributed by atoms with Gasteiger partial charge in [-0.1, -0.05) is 19.9 Å². The van der Waals surface area contributed by atoms with E-state index in [1.807, 2.05) is 18.2 Å². The maximum atomic E-state index is 5.72. The predicted octanol–water partition coefficient (Wildman–Crippen LogP) is 3.12. The summed E-state index contributed by atoms with van der Waals surface area (Å²) in [5.74, 6) is 0.877. The van der Waals surface area contributed by atoms with E-state index in [1.54, 1.807) is 0 Å². The van der Waals surface area contributed by atoms with E-state index < -0.39 is 0 Å². The Morgan fingerprint density at radius 1 is 1.40 bits per heavy atom. The zero-order valence-electron chi connectivity index (χ0n) is 9.51. The number of hydrogen-bond acceptors (Lipinski definition) is 2. The minimum absolute atomic E-state index is 0.0182. The molecule has 0 bridgehead atoms. The highest BCUT2D eigenvalue weighted by Crippen LogP contribution is 2.27. The Morgan fingerprint density at radius 3 is 2.60 bits per heavy atom. The molecule has 0 aliphatic carbocycles. The van der Waals surface area contributed by atoms with Crippen molar-refractivity contribution in [3.05, 3.63) is 28.2 Å². The Balaban J connectivity index is 2.66. The van der Waals surface area contributed by atoms with Crippen LogP contribution in [0, 0.1) is 12.3 Å². The van der Waals surface area contributed by atoms with Crippen LogP contribution in [0.5, 0.6) is 5.75 Å². The Bertz CT molecular complexity index is 336. The molecule has 0 amide bonds. The predicted molar refractivity (Wildman–Crippen MR) is 67.2 cm³/mol. The third kappa shape index (κ3) is 3.84. The molecule has 15 heavy (non-hydrogen) atoms. The fourth-order valence-corrected chi connectivity index (χ4v) is 1.66. The molecule has 3 heteroatoms. The van der Waals surface area contributed by atoms with Gasteiger partial charge in [-0.05, 0) is 40.5 Å². The molecule has 0 saturated heterocycles. The molecule has 0 fully saturated rings. The van der Waals surface area contributed by atoms with Crippen LogP contribution in [0.3, 0.4) is 0 Å². The second-order valence-corrected chi connectivity index (χ2v) is 5.45. The summed E-state index contributed by atoms with van der Waals surface area (Å²) < 4.78 is 6.72. The standard InChI is InChI=1S/C12H18BrNO/c1-9-4-5-11(10(13)6-9)15-8-12(2,3)7-14/h4-6H,7-8,14H2,1-3H3. The molecule has 0 atom stereocenters. The van der Waals surface area contributed by atoms with Crippen LogP contribution in [0.2, 0.25) is 0 Å². The molecule has 0 unspecified atom stereocenters. The molecular formula is C12H18BrNO. The van der Waals surface area contributed by atoms with Crippen LogP contribution in [-0.4, -0.2) is 13.2 Å². The van der Waals surface area contributed by atoms with E-state index in [9.17, 15) is 0 Å². The summed E-state index contributed by atoms with van der Waals surface area (Å²) in [5, 5.41) is 0. The van der Waals surface area contributed by atoms with Crippen LogP contribution in [0.25, 0.3) is 0 Å². The molecule has 0 spiro atoms. The average Bonchev–Trinajstić information content (AvgIpc) is 2.16. The van der Waals surface area contributed by atoms with E-state index in [-0.39, 0.29) is 5.41 Å². The lowest BCUT2D eigenvalue weighted by Gasteiger charge is -2.22. The highest BCUT2D eigenvalue weighted by molar-refractivity contribution is 9.10. The zero-order valence-corrected chi connectivity index (χ0v) is 11.1. The van der Waals surface area contributed by atoms with E-state index in [2.05, 4.69) is 36.7 Å². The fourth-order valence-electron chi connectivity index (χ4n) is 1.05. The number of hydrogen-bond donors (Lipinski definition) is 1. The summed E-state index contributed by atoms with van der Waals surface area (Å²) >= 11 is 3.48. The molecule has 0 heterocycles. The monoisotopic (exact) mass is 271 g/mol. The Kier molecular flexibility index (Phi) is 4.17. The lowest BCUT2D eigenvalue weighted by molar-refractivity contribution is 0.186. The first-order valence-electron chi connectivity index (χ1n) is 5.04. The highest BCUT2D eigenvalue weighted by Gasteiger charge is 2.16. The molecule has 0 saturated carbocycles. The zero-order chi connectivity index (χ0) is 11.5. The van der Waals surface area contributed by atoms with Crippen molar-refractivity contribution in [2.24, 2.45) is 11.1 Å². The molecule has 1 aromatic rings. The third-order valence-corrected chi connectivity index (χ3v) is 2.88. The van der Waals surface area contributed by atoms with Crippen molar-refractivity contribution in [1.82, 2.24) is 0 Å². The van der Waals surface area contributed by atoms with E-state index in [0.717, 1.165) is 10.2 Å². The summed E-state index contributed by atoms with van der Waals surface area (Å²) in [7, 11) is 0. The molecule has 84 valence electrons. The van der Waals surface area contributed by atoms with Gasteiger partial charge >= 0.3 is 0 Å². The van der Waals surface area contributed by atoms with Crippen LogP contribution < -0.4 is 10.5 Å². The summed E-state index contributed by atoms with van der Waals surface area (Å²) in [4.78, 5) is 0. The van der Waals surface area contributed by atoms with Crippen molar-refractivity contribution in [1.29, 1.82) is 0 Å². The number of rotatable bonds is 4. The number of nitrogens with two attached hydrogens (primary N) is 1. The van der Waals surface area contributed by atoms with Crippen LogP contribution >= 0.6 is 15.9 Å². The third-order valence-electron chi connectivity index (χ3n) is 2.26. The Hall–Kier alpha value is -0.540. The molecule has 2 nitrogen and oxygen atoms in total. The first kappa shape index (κ1) is 12.5. The molecule has 0 radical (unpaired) electrons. The number of ether oxygens (including phenoxy) is 1.